The molecule has 2 heteroatoms. The molecule has 0 aromatic heterocycles. The lowest BCUT2D eigenvalue weighted by atomic mass is 9.76. The van der Waals surface area contributed by atoms with E-state index in [1.54, 1.807) is 0 Å². The molecule has 60 valence electrons. The lowest BCUT2D eigenvalue weighted by Gasteiger charge is -2.38. The van der Waals surface area contributed by atoms with Gasteiger partial charge in [0.2, 0.25) is 0 Å². The third-order valence-corrected chi connectivity index (χ3v) is 2.74. The molecule has 0 aliphatic heterocycles. The average molecular weight is 142 g/mol. The molecule has 1 fully saturated rings. The van der Waals surface area contributed by atoms with Crippen molar-refractivity contribution in [3.8, 4) is 0 Å². The van der Waals surface area contributed by atoms with E-state index in [0.29, 0.717) is 5.92 Å². The molecule has 0 radical (unpaired) electrons. The Hall–Kier alpha value is -0.0800. The highest BCUT2D eigenvalue weighted by Crippen LogP contribution is 2.31. The van der Waals surface area contributed by atoms with Crippen molar-refractivity contribution >= 4 is 0 Å². The Morgan fingerprint density at radius 2 is 1.90 bits per heavy atom. The van der Waals surface area contributed by atoms with E-state index in [-0.39, 0.29) is 5.66 Å². The van der Waals surface area contributed by atoms with Crippen LogP contribution < -0.4 is 11.5 Å². The SMILES string of the molecule is CC1CCC(N)(N)C(C)C1. The summed E-state index contributed by atoms with van der Waals surface area (Å²) in [6.07, 6.45) is 3.36. The predicted octanol–water partition coefficient (Wildman–Crippen LogP) is 1.06. The molecule has 2 atom stereocenters. The highest BCUT2D eigenvalue weighted by atomic mass is 15.0. The van der Waals surface area contributed by atoms with Gasteiger partial charge in [-0.1, -0.05) is 13.8 Å². The molecule has 2 nitrogen and oxygen atoms in total. The van der Waals surface area contributed by atoms with E-state index in [4.69, 9.17) is 11.5 Å². The van der Waals surface area contributed by atoms with Crippen LogP contribution in [0.4, 0.5) is 0 Å². The van der Waals surface area contributed by atoms with Crippen LogP contribution in [0.25, 0.3) is 0 Å². The van der Waals surface area contributed by atoms with Crippen LogP contribution in [0.15, 0.2) is 0 Å². The van der Waals surface area contributed by atoms with E-state index in [9.17, 15) is 0 Å². The number of nitrogens with two attached hydrogens (primary N) is 2. The summed E-state index contributed by atoms with van der Waals surface area (Å²) in [6.45, 7) is 4.42. The molecule has 1 rings (SSSR count). The molecular weight excluding hydrogens is 124 g/mol. The van der Waals surface area contributed by atoms with Crippen LogP contribution in [-0.2, 0) is 0 Å². The molecule has 1 aliphatic rings. The van der Waals surface area contributed by atoms with Gasteiger partial charge >= 0.3 is 0 Å². The maximum absolute atomic E-state index is 5.86. The molecule has 0 heterocycles. The Labute approximate surface area is 63.0 Å². The number of rotatable bonds is 0. The third kappa shape index (κ3) is 1.50. The maximum Gasteiger partial charge on any atom is 0.0663 e. The largest absolute Gasteiger partial charge is 0.313 e. The molecule has 0 aromatic rings. The maximum atomic E-state index is 5.86. The minimum Gasteiger partial charge on any atom is -0.313 e. The van der Waals surface area contributed by atoms with Crippen LogP contribution in [0, 0.1) is 11.8 Å². The predicted molar refractivity (Wildman–Crippen MR) is 43.3 cm³/mol. The fraction of sp³-hybridized carbons (Fsp3) is 1.00. The summed E-state index contributed by atoms with van der Waals surface area (Å²) in [4.78, 5) is 0. The lowest BCUT2D eigenvalue weighted by molar-refractivity contribution is 0.170. The molecular formula is C8H18N2. The monoisotopic (exact) mass is 142 g/mol. The number of hydrogen-bond acceptors (Lipinski definition) is 2. The molecule has 4 N–H and O–H groups in total. The van der Waals surface area contributed by atoms with Crippen molar-refractivity contribution in [2.24, 2.45) is 23.3 Å². The summed E-state index contributed by atoms with van der Waals surface area (Å²) in [5.74, 6) is 1.30. The van der Waals surface area contributed by atoms with Gasteiger partial charge in [-0.3, -0.25) is 0 Å². The summed E-state index contributed by atoms with van der Waals surface area (Å²) in [7, 11) is 0. The first kappa shape index (κ1) is 8.02. The Morgan fingerprint density at radius 1 is 1.30 bits per heavy atom. The van der Waals surface area contributed by atoms with Crippen molar-refractivity contribution in [2.45, 2.75) is 38.8 Å². The van der Waals surface area contributed by atoms with Gasteiger partial charge in [0, 0.05) is 0 Å². The topological polar surface area (TPSA) is 52.0 Å². The molecule has 0 bridgehead atoms. The Kier molecular flexibility index (Phi) is 2.02. The van der Waals surface area contributed by atoms with Gasteiger partial charge in [0.1, 0.15) is 0 Å². The van der Waals surface area contributed by atoms with Crippen molar-refractivity contribution in [1.82, 2.24) is 0 Å². The van der Waals surface area contributed by atoms with Crippen molar-refractivity contribution in [3.63, 3.8) is 0 Å². The standard InChI is InChI=1S/C8H18N2/c1-6-3-4-8(9,10)7(2)5-6/h6-7H,3-5,9-10H2,1-2H3. The van der Waals surface area contributed by atoms with Gasteiger partial charge in [0.15, 0.2) is 0 Å². The summed E-state index contributed by atoms with van der Waals surface area (Å²) >= 11 is 0. The molecule has 0 amide bonds. The van der Waals surface area contributed by atoms with Gasteiger partial charge in [0.05, 0.1) is 5.66 Å². The third-order valence-electron chi connectivity index (χ3n) is 2.74. The summed E-state index contributed by atoms with van der Waals surface area (Å²) in [5.41, 5.74) is 11.3. The van der Waals surface area contributed by atoms with Crippen molar-refractivity contribution < 1.29 is 0 Å². The molecule has 0 saturated heterocycles. The van der Waals surface area contributed by atoms with Crippen LogP contribution in [0.2, 0.25) is 0 Å². The van der Waals surface area contributed by atoms with Crippen LogP contribution in [0.5, 0.6) is 0 Å². The zero-order valence-corrected chi connectivity index (χ0v) is 6.93. The first-order chi connectivity index (χ1) is 4.52. The van der Waals surface area contributed by atoms with Gasteiger partial charge in [-0.2, -0.15) is 0 Å². The second kappa shape index (κ2) is 2.51. The minimum atomic E-state index is -0.382. The summed E-state index contributed by atoms with van der Waals surface area (Å²) < 4.78 is 0. The first-order valence-electron chi connectivity index (χ1n) is 4.10. The average Bonchev–Trinajstić information content (AvgIpc) is 1.81. The highest BCUT2D eigenvalue weighted by Gasteiger charge is 2.32. The summed E-state index contributed by atoms with van der Waals surface area (Å²) in [5, 5.41) is 0. The van der Waals surface area contributed by atoms with Crippen LogP contribution in [0.3, 0.4) is 0 Å². The van der Waals surface area contributed by atoms with E-state index < -0.39 is 0 Å². The molecule has 1 aliphatic carbocycles. The van der Waals surface area contributed by atoms with Crippen LogP contribution in [0.1, 0.15) is 33.1 Å². The van der Waals surface area contributed by atoms with E-state index in [0.717, 1.165) is 12.3 Å². The Bertz CT molecular complexity index is 120. The molecule has 0 aromatic carbocycles. The van der Waals surface area contributed by atoms with E-state index in [1.165, 1.54) is 12.8 Å². The van der Waals surface area contributed by atoms with Crippen LogP contribution in [-0.4, -0.2) is 5.66 Å². The second-order valence-electron chi connectivity index (χ2n) is 3.89. The Morgan fingerprint density at radius 3 is 2.30 bits per heavy atom. The van der Waals surface area contributed by atoms with Gasteiger partial charge in [-0.25, -0.2) is 0 Å². The van der Waals surface area contributed by atoms with Crippen LogP contribution >= 0.6 is 0 Å². The highest BCUT2D eigenvalue weighted by molar-refractivity contribution is 4.88. The lowest BCUT2D eigenvalue weighted by Crippen LogP contribution is -2.57. The van der Waals surface area contributed by atoms with Crippen molar-refractivity contribution in [1.29, 1.82) is 0 Å². The normalized spacial score (nSPS) is 39.6. The van der Waals surface area contributed by atoms with E-state index in [1.807, 2.05) is 0 Å². The van der Waals surface area contributed by atoms with Gasteiger partial charge < -0.3 is 11.5 Å². The summed E-state index contributed by atoms with van der Waals surface area (Å²) in [6, 6.07) is 0. The fourth-order valence-electron chi connectivity index (χ4n) is 1.68. The smallest absolute Gasteiger partial charge is 0.0663 e. The number of hydrogen-bond donors (Lipinski definition) is 2. The van der Waals surface area contributed by atoms with Crippen molar-refractivity contribution in [2.75, 3.05) is 0 Å². The fourth-order valence-corrected chi connectivity index (χ4v) is 1.68. The van der Waals surface area contributed by atoms with Gasteiger partial charge in [-0.05, 0) is 31.1 Å². The van der Waals surface area contributed by atoms with E-state index in [2.05, 4.69) is 13.8 Å². The van der Waals surface area contributed by atoms with Gasteiger partial charge in [0.25, 0.3) is 0 Å². The van der Waals surface area contributed by atoms with Gasteiger partial charge in [-0.15, -0.1) is 0 Å². The Balaban J connectivity index is 2.52. The minimum absolute atomic E-state index is 0.382. The quantitative estimate of drug-likeness (QED) is 0.497. The first-order valence-corrected chi connectivity index (χ1v) is 4.10. The second-order valence-corrected chi connectivity index (χ2v) is 3.89. The molecule has 0 spiro atoms. The molecule has 10 heavy (non-hydrogen) atoms. The molecule has 2 unspecified atom stereocenters. The molecule has 1 saturated carbocycles. The zero-order valence-electron chi connectivity index (χ0n) is 6.93. The van der Waals surface area contributed by atoms with Crippen molar-refractivity contribution in [3.05, 3.63) is 0 Å². The van der Waals surface area contributed by atoms with E-state index >= 15 is 0 Å². The zero-order chi connectivity index (χ0) is 7.78.